The molecular weight excluding hydrogens is 402 g/mol. The van der Waals surface area contributed by atoms with Gasteiger partial charge >= 0.3 is 0 Å². The maximum Gasteiger partial charge on any atom is 0.255 e. The molecule has 2 saturated heterocycles. The molecule has 0 N–H and O–H groups in total. The molecule has 2 fully saturated rings. The van der Waals surface area contributed by atoms with Crippen molar-refractivity contribution in [1.82, 2.24) is 23.5 Å². The number of likely N-dealkylation sites (tertiary alicyclic amines) is 1. The molecule has 1 aromatic carbocycles. The Morgan fingerprint density at radius 3 is 2.57 bits per heavy atom. The molecule has 4 heterocycles. The molecular formula is C21H21N5O3S. The summed E-state index contributed by atoms with van der Waals surface area (Å²) in [4.78, 5) is 34.0. The van der Waals surface area contributed by atoms with Crippen molar-refractivity contribution in [3.8, 4) is 0 Å². The average Bonchev–Trinajstić information content (AvgIpc) is 3.48. The van der Waals surface area contributed by atoms with Gasteiger partial charge in [0.2, 0.25) is 0 Å². The number of ether oxygens (including phenoxy) is 1. The Hall–Kier alpha value is -2.91. The van der Waals surface area contributed by atoms with Crippen molar-refractivity contribution in [1.29, 1.82) is 0 Å². The Balaban J connectivity index is 1.34. The first-order chi connectivity index (χ1) is 14.7. The number of nitrogens with zero attached hydrogens (tertiary/aromatic N) is 5. The van der Waals surface area contributed by atoms with Gasteiger partial charge in [-0.3, -0.25) is 14.6 Å². The van der Waals surface area contributed by atoms with Crippen molar-refractivity contribution in [2.45, 2.75) is 18.9 Å². The summed E-state index contributed by atoms with van der Waals surface area (Å²) in [6, 6.07) is 9.04. The van der Waals surface area contributed by atoms with Gasteiger partial charge in [0.15, 0.2) is 0 Å². The van der Waals surface area contributed by atoms with Crippen molar-refractivity contribution in [3.63, 3.8) is 0 Å². The Labute approximate surface area is 177 Å². The zero-order valence-electron chi connectivity index (χ0n) is 16.4. The van der Waals surface area contributed by atoms with Gasteiger partial charge in [-0.2, -0.15) is 8.75 Å². The molecule has 2 aromatic heterocycles. The fourth-order valence-corrected chi connectivity index (χ4v) is 4.59. The highest BCUT2D eigenvalue weighted by Gasteiger charge is 2.32. The normalized spacial score (nSPS) is 19.4. The van der Waals surface area contributed by atoms with Crippen molar-refractivity contribution in [3.05, 3.63) is 53.3 Å². The first kappa shape index (κ1) is 19.1. The monoisotopic (exact) mass is 423 g/mol. The molecule has 2 amide bonds. The van der Waals surface area contributed by atoms with Crippen LogP contribution in [0.4, 0.5) is 0 Å². The van der Waals surface area contributed by atoms with Crippen LogP contribution in [0.5, 0.6) is 0 Å². The molecule has 3 aromatic rings. The standard InChI is InChI=1S/C21H21N5O3S/c27-20(25-8-10-29-11-9-25)15-4-6-17(22-13-15)19-2-1-7-26(19)21(28)14-3-5-16-18(12-14)24-30-23-16/h3-6,12-13,19H,1-2,7-11H2. The molecule has 8 nitrogen and oxygen atoms in total. The third-order valence-corrected chi connectivity index (χ3v) is 6.24. The van der Waals surface area contributed by atoms with E-state index in [1.807, 2.05) is 23.1 Å². The van der Waals surface area contributed by atoms with E-state index in [1.165, 1.54) is 0 Å². The second-order valence-corrected chi connectivity index (χ2v) is 8.03. The van der Waals surface area contributed by atoms with Crippen LogP contribution >= 0.6 is 11.7 Å². The van der Waals surface area contributed by atoms with Gasteiger partial charge in [-0.15, -0.1) is 0 Å². The van der Waals surface area contributed by atoms with Crippen LogP contribution in [0.1, 0.15) is 45.3 Å². The molecule has 0 spiro atoms. The fraction of sp³-hybridized carbons (Fsp3) is 0.381. The van der Waals surface area contributed by atoms with E-state index in [4.69, 9.17) is 4.74 Å². The number of aromatic nitrogens is 3. The minimum Gasteiger partial charge on any atom is -0.378 e. The fourth-order valence-electron chi connectivity index (χ4n) is 4.08. The second kappa shape index (κ2) is 8.08. The van der Waals surface area contributed by atoms with Crippen molar-refractivity contribution >= 4 is 34.6 Å². The molecule has 30 heavy (non-hydrogen) atoms. The van der Waals surface area contributed by atoms with Crippen LogP contribution in [0.15, 0.2) is 36.5 Å². The molecule has 2 aliphatic heterocycles. The van der Waals surface area contributed by atoms with Crippen LogP contribution in [0.25, 0.3) is 11.0 Å². The molecule has 0 aliphatic carbocycles. The van der Waals surface area contributed by atoms with Crippen LogP contribution < -0.4 is 0 Å². The highest BCUT2D eigenvalue weighted by molar-refractivity contribution is 7.00. The quantitative estimate of drug-likeness (QED) is 0.643. The highest BCUT2D eigenvalue weighted by Crippen LogP contribution is 2.32. The average molecular weight is 423 g/mol. The predicted octanol–water partition coefficient (Wildman–Crippen LogP) is 2.54. The van der Waals surface area contributed by atoms with Gasteiger partial charge in [-0.25, -0.2) is 0 Å². The van der Waals surface area contributed by atoms with Gasteiger partial charge in [0.25, 0.3) is 11.8 Å². The molecule has 1 atom stereocenters. The van der Waals surface area contributed by atoms with E-state index in [9.17, 15) is 9.59 Å². The van der Waals surface area contributed by atoms with Crippen LogP contribution in [0.3, 0.4) is 0 Å². The molecule has 9 heteroatoms. The van der Waals surface area contributed by atoms with E-state index < -0.39 is 0 Å². The number of hydrogen-bond donors (Lipinski definition) is 0. The Morgan fingerprint density at radius 2 is 1.77 bits per heavy atom. The first-order valence-corrected chi connectivity index (χ1v) is 10.8. The van der Waals surface area contributed by atoms with Crippen LogP contribution in [0.2, 0.25) is 0 Å². The number of pyridine rings is 1. The SMILES string of the molecule is O=C(c1ccc(C2CCCN2C(=O)c2ccc3nsnc3c2)nc1)N1CCOCC1. The van der Waals surface area contributed by atoms with Crippen LogP contribution in [-0.2, 0) is 4.74 Å². The number of amides is 2. The Kier molecular flexibility index (Phi) is 5.14. The lowest BCUT2D eigenvalue weighted by Crippen LogP contribution is -2.40. The minimum atomic E-state index is -0.0886. The van der Waals surface area contributed by atoms with Gasteiger partial charge < -0.3 is 14.5 Å². The summed E-state index contributed by atoms with van der Waals surface area (Å²) in [7, 11) is 0. The summed E-state index contributed by atoms with van der Waals surface area (Å²) in [5.41, 5.74) is 3.54. The number of carbonyl (C=O) groups excluding carboxylic acids is 2. The summed E-state index contributed by atoms with van der Waals surface area (Å²) < 4.78 is 13.7. The minimum absolute atomic E-state index is 0.0253. The van der Waals surface area contributed by atoms with E-state index in [1.54, 1.807) is 23.2 Å². The summed E-state index contributed by atoms with van der Waals surface area (Å²) in [5.74, 6) is -0.0513. The summed E-state index contributed by atoms with van der Waals surface area (Å²) in [6.07, 6.45) is 3.41. The van der Waals surface area contributed by atoms with E-state index in [2.05, 4.69) is 13.7 Å². The van der Waals surface area contributed by atoms with E-state index in [0.717, 1.165) is 41.3 Å². The van der Waals surface area contributed by atoms with Crippen molar-refractivity contribution in [2.75, 3.05) is 32.8 Å². The van der Waals surface area contributed by atoms with Gasteiger partial charge in [0.05, 0.1) is 42.2 Å². The summed E-state index contributed by atoms with van der Waals surface area (Å²) in [5, 5.41) is 0. The maximum absolute atomic E-state index is 13.2. The zero-order valence-corrected chi connectivity index (χ0v) is 17.2. The highest BCUT2D eigenvalue weighted by atomic mass is 32.1. The Bertz CT molecular complexity index is 1080. The number of carbonyl (C=O) groups is 2. The van der Waals surface area contributed by atoms with E-state index in [0.29, 0.717) is 44.0 Å². The number of rotatable bonds is 3. The largest absolute Gasteiger partial charge is 0.378 e. The van der Waals surface area contributed by atoms with Gasteiger partial charge in [-0.05, 0) is 43.2 Å². The predicted molar refractivity (Wildman–Crippen MR) is 111 cm³/mol. The number of morpholine rings is 1. The third-order valence-electron chi connectivity index (χ3n) is 5.69. The summed E-state index contributed by atoms with van der Waals surface area (Å²) in [6.45, 7) is 3.03. The lowest BCUT2D eigenvalue weighted by atomic mass is 10.1. The van der Waals surface area contributed by atoms with Crippen molar-refractivity contribution in [2.24, 2.45) is 0 Å². The third kappa shape index (κ3) is 3.54. The number of benzene rings is 1. The van der Waals surface area contributed by atoms with Crippen LogP contribution in [-0.4, -0.2) is 68.2 Å². The van der Waals surface area contributed by atoms with Gasteiger partial charge in [-0.1, -0.05) is 0 Å². The molecule has 154 valence electrons. The summed E-state index contributed by atoms with van der Waals surface area (Å²) >= 11 is 1.14. The van der Waals surface area contributed by atoms with Crippen LogP contribution in [0, 0.1) is 0 Å². The van der Waals surface area contributed by atoms with Gasteiger partial charge in [0, 0.05) is 31.4 Å². The smallest absolute Gasteiger partial charge is 0.255 e. The number of hydrogen-bond acceptors (Lipinski definition) is 7. The maximum atomic E-state index is 13.2. The van der Waals surface area contributed by atoms with Crippen molar-refractivity contribution < 1.29 is 14.3 Å². The molecule has 5 rings (SSSR count). The van der Waals surface area contributed by atoms with E-state index >= 15 is 0 Å². The number of fused-ring (bicyclic) bond motifs is 1. The lowest BCUT2D eigenvalue weighted by molar-refractivity contribution is 0.0302. The Morgan fingerprint density at radius 1 is 0.967 bits per heavy atom. The molecule has 0 bridgehead atoms. The second-order valence-electron chi connectivity index (χ2n) is 7.50. The molecule has 1 unspecified atom stereocenters. The lowest BCUT2D eigenvalue weighted by Gasteiger charge is -2.27. The topological polar surface area (TPSA) is 88.5 Å². The molecule has 0 radical (unpaired) electrons. The van der Waals surface area contributed by atoms with E-state index in [-0.39, 0.29) is 17.9 Å². The molecule has 0 saturated carbocycles. The molecule has 2 aliphatic rings. The zero-order chi connectivity index (χ0) is 20.5. The first-order valence-electron chi connectivity index (χ1n) is 10.1. The van der Waals surface area contributed by atoms with Gasteiger partial charge in [0.1, 0.15) is 11.0 Å².